The van der Waals surface area contributed by atoms with Gasteiger partial charge in [0.15, 0.2) is 0 Å². The zero-order chi connectivity index (χ0) is 12.1. The van der Waals surface area contributed by atoms with Crippen molar-refractivity contribution in [2.24, 2.45) is 5.92 Å². The van der Waals surface area contributed by atoms with Gasteiger partial charge in [0.1, 0.15) is 5.75 Å². The van der Waals surface area contributed by atoms with Crippen LogP contribution in [0, 0.1) is 5.92 Å². The minimum Gasteiger partial charge on any atom is -0.426 e. The molecule has 3 heteroatoms. The van der Waals surface area contributed by atoms with Crippen LogP contribution in [-0.4, -0.2) is 19.1 Å². The summed E-state index contributed by atoms with van der Waals surface area (Å²) in [6.07, 6.45) is 2.72. The average Bonchev–Trinajstić information content (AvgIpc) is 2.40. The molecule has 0 aliphatic carbocycles. The number of carbonyl (C=O) groups is 1. The maximum Gasteiger partial charge on any atom is 0.314 e. The molecule has 0 spiro atoms. The Morgan fingerprint density at radius 1 is 1.41 bits per heavy atom. The standard InChI is InChI=1S/C14H19NO2/c1-2-11-4-3-5-13(10-11)17-14(16)12-6-8-15-9-7-12/h3-5,10,12,15H,2,6-9H2,1H3. The molecule has 1 aromatic carbocycles. The van der Waals surface area contributed by atoms with Gasteiger partial charge in [0.05, 0.1) is 5.92 Å². The zero-order valence-electron chi connectivity index (χ0n) is 10.2. The number of esters is 1. The number of aryl methyl sites for hydroxylation is 1. The molecule has 1 N–H and O–H groups in total. The Hall–Kier alpha value is -1.35. The topological polar surface area (TPSA) is 38.3 Å². The molecule has 1 heterocycles. The first-order valence-corrected chi connectivity index (χ1v) is 6.31. The molecule has 0 amide bonds. The van der Waals surface area contributed by atoms with Crippen LogP contribution in [0.15, 0.2) is 24.3 Å². The van der Waals surface area contributed by atoms with E-state index >= 15 is 0 Å². The fourth-order valence-electron chi connectivity index (χ4n) is 2.09. The maximum atomic E-state index is 11.9. The van der Waals surface area contributed by atoms with Crippen LogP contribution in [0.5, 0.6) is 5.75 Å². The zero-order valence-corrected chi connectivity index (χ0v) is 10.2. The summed E-state index contributed by atoms with van der Waals surface area (Å²) in [6.45, 7) is 3.91. The summed E-state index contributed by atoms with van der Waals surface area (Å²) in [6, 6.07) is 7.77. The Labute approximate surface area is 102 Å². The third-order valence-electron chi connectivity index (χ3n) is 3.20. The Morgan fingerprint density at radius 3 is 2.88 bits per heavy atom. The molecule has 1 aromatic rings. The van der Waals surface area contributed by atoms with Crippen LogP contribution < -0.4 is 10.1 Å². The van der Waals surface area contributed by atoms with Gasteiger partial charge >= 0.3 is 5.97 Å². The van der Waals surface area contributed by atoms with Gasteiger partial charge in [-0.25, -0.2) is 0 Å². The van der Waals surface area contributed by atoms with Crippen LogP contribution in [0.25, 0.3) is 0 Å². The Kier molecular flexibility index (Phi) is 4.15. The summed E-state index contributed by atoms with van der Waals surface area (Å²) in [7, 11) is 0. The van der Waals surface area contributed by atoms with Gasteiger partial charge in [-0.3, -0.25) is 4.79 Å². The Bertz CT molecular complexity index is 384. The first kappa shape index (κ1) is 12.1. The SMILES string of the molecule is CCc1cccc(OC(=O)C2CCNCC2)c1. The summed E-state index contributed by atoms with van der Waals surface area (Å²) in [5, 5.41) is 3.24. The summed E-state index contributed by atoms with van der Waals surface area (Å²) >= 11 is 0. The van der Waals surface area contributed by atoms with Gasteiger partial charge in [-0.15, -0.1) is 0 Å². The van der Waals surface area contributed by atoms with Crippen LogP contribution >= 0.6 is 0 Å². The van der Waals surface area contributed by atoms with E-state index in [2.05, 4.69) is 12.2 Å². The number of carbonyl (C=O) groups excluding carboxylic acids is 1. The smallest absolute Gasteiger partial charge is 0.314 e. The molecular formula is C14H19NO2. The average molecular weight is 233 g/mol. The lowest BCUT2D eigenvalue weighted by atomic mass is 9.98. The fraction of sp³-hybridized carbons (Fsp3) is 0.500. The molecular weight excluding hydrogens is 214 g/mol. The van der Waals surface area contributed by atoms with Crippen molar-refractivity contribution in [3.63, 3.8) is 0 Å². The molecule has 17 heavy (non-hydrogen) atoms. The summed E-state index contributed by atoms with van der Waals surface area (Å²) in [5.41, 5.74) is 1.20. The summed E-state index contributed by atoms with van der Waals surface area (Å²) in [5.74, 6) is 0.647. The largest absolute Gasteiger partial charge is 0.426 e. The highest BCUT2D eigenvalue weighted by atomic mass is 16.5. The second-order valence-corrected chi connectivity index (χ2v) is 4.45. The van der Waals surface area contributed by atoms with Crippen molar-refractivity contribution in [3.8, 4) is 5.75 Å². The molecule has 1 aliphatic heterocycles. The van der Waals surface area contributed by atoms with Gasteiger partial charge in [-0.05, 0) is 50.0 Å². The van der Waals surface area contributed by atoms with Crippen molar-refractivity contribution in [1.29, 1.82) is 0 Å². The first-order chi connectivity index (χ1) is 8.29. The molecule has 0 atom stereocenters. The number of rotatable bonds is 3. The molecule has 0 aromatic heterocycles. The number of hydrogen-bond acceptors (Lipinski definition) is 3. The highest BCUT2D eigenvalue weighted by Crippen LogP contribution is 2.18. The van der Waals surface area contributed by atoms with E-state index in [0.717, 1.165) is 32.4 Å². The van der Waals surface area contributed by atoms with Crippen molar-refractivity contribution >= 4 is 5.97 Å². The number of nitrogens with one attached hydrogen (secondary N) is 1. The number of hydrogen-bond donors (Lipinski definition) is 1. The van der Waals surface area contributed by atoms with Gasteiger partial charge in [-0.1, -0.05) is 19.1 Å². The van der Waals surface area contributed by atoms with Gasteiger partial charge in [0.2, 0.25) is 0 Å². The Morgan fingerprint density at radius 2 is 2.18 bits per heavy atom. The normalized spacial score (nSPS) is 16.8. The van der Waals surface area contributed by atoms with E-state index in [4.69, 9.17) is 4.74 Å². The third-order valence-corrected chi connectivity index (χ3v) is 3.20. The molecule has 0 unspecified atom stereocenters. The number of benzene rings is 1. The monoisotopic (exact) mass is 233 g/mol. The van der Waals surface area contributed by atoms with Crippen LogP contribution in [0.1, 0.15) is 25.3 Å². The quantitative estimate of drug-likeness (QED) is 0.642. The highest BCUT2D eigenvalue weighted by Gasteiger charge is 2.22. The minimum absolute atomic E-state index is 0.0570. The number of piperidine rings is 1. The van der Waals surface area contributed by atoms with Crippen LogP contribution in [-0.2, 0) is 11.2 Å². The van der Waals surface area contributed by atoms with Gasteiger partial charge < -0.3 is 10.1 Å². The van der Waals surface area contributed by atoms with E-state index < -0.39 is 0 Å². The second-order valence-electron chi connectivity index (χ2n) is 4.45. The molecule has 92 valence electrons. The van der Waals surface area contributed by atoms with Crippen LogP contribution in [0.4, 0.5) is 0 Å². The first-order valence-electron chi connectivity index (χ1n) is 6.31. The molecule has 0 radical (unpaired) electrons. The van der Waals surface area contributed by atoms with Crippen molar-refractivity contribution in [1.82, 2.24) is 5.32 Å². The summed E-state index contributed by atoms with van der Waals surface area (Å²) < 4.78 is 5.43. The molecule has 0 saturated carbocycles. The van der Waals surface area contributed by atoms with Crippen LogP contribution in [0.3, 0.4) is 0 Å². The maximum absolute atomic E-state index is 11.9. The van der Waals surface area contributed by atoms with E-state index in [0.29, 0.717) is 5.75 Å². The predicted molar refractivity (Wildman–Crippen MR) is 67.0 cm³/mol. The lowest BCUT2D eigenvalue weighted by Gasteiger charge is -2.20. The fourth-order valence-corrected chi connectivity index (χ4v) is 2.09. The molecule has 2 rings (SSSR count). The van der Waals surface area contributed by atoms with Crippen LogP contribution in [0.2, 0.25) is 0 Å². The van der Waals surface area contributed by atoms with Crippen molar-refractivity contribution in [2.75, 3.05) is 13.1 Å². The second kappa shape index (κ2) is 5.82. The van der Waals surface area contributed by atoms with Gasteiger partial charge in [0, 0.05) is 0 Å². The van der Waals surface area contributed by atoms with Gasteiger partial charge in [-0.2, -0.15) is 0 Å². The minimum atomic E-state index is -0.0836. The number of ether oxygens (including phenoxy) is 1. The van der Waals surface area contributed by atoms with E-state index in [1.807, 2.05) is 24.3 Å². The third kappa shape index (κ3) is 3.30. The molecule has 3 nitrogen and oxygen atoms in total. The highest BCUT2D eigenvalue weighted by molar-refractivity contribution is 5.75. The molecule has 0 bridgehead atoms. The van der Waals surface area contributed by atoms with Crippen molar-refractivity contribution < 1.29 is 9.53 Å². The van der Waals surface area contributed by atoms with Crippen molar-refractivity contribution in [2.45, 2.75) is 26.2 Å². The van der Waals surface area contributed by atoms with E-state index in [1.54, 1.807) is 0 Å². The molecule has 1 aliphatic rings. The van der Waals surface area contributed by atoms with E-state index in [1.165, 1.54) is 5.56 Å². The summed E-state index contributed by atoms with van der Waals surface area (Å²) in [4.78, 5) is 11.9. The predicted octanol–water partition coefficient (Wildman–Crippen LogP) is 2.15. The lowest BCUT2D eigenvalue weighted by molar-refractivity contribution is -0.139. The van der Waals surface area contributed by atoms with Crippen molar-refractivity contribution in [3.05, 3.63) is 29.8 Å². The van der Waals surface area contributed by atoms with Gasteiger partial charge in [0.25, 0.3) is 0 Å². The van der Waals surface area contributed by atoms with E-state index in [-0.39, 0.29) is 11.9 Å². The Balaban J connectivity index is 1.96. The molecule has 1 fully saturated rings. The lowest BCUT2D eigenvalue weighted by Crippen LogP contribution is -2.33. The van der Waals surface area contributed by atoms with E-state index in [9.17, 15) is 4.79 Å². The molecule has 1 saturated heterocycles.